The number of hydrogen-bond acceptors (Lipinski definition) is 8. The number of sulfone groups is 1. The third-order valence-electron chi connectivity index (χ3n) is 3.11. The van der Waals surface area contributed by atoms with Crippen LogP contribution in [0.15, 0.2) is 58.3 Å². The molecule has 0 spiro atoms. The van der Waals surface area contributed by atoms with Crippen molar-refractivity contribution in [3.63, 3.8) is 0 Å². The number of nitrogen functional groups attached to an aromatic ring is 2. The maximum Gasteiger partial charge on any atom is 0.180 e. The lowest BCUT2D eigenvalue weighted by Gasteiger charge is -2.06. The lowest BCUT2D eigenvalue weighted by atomic mass is 10.3. The third-order valence-corrected chi connectivity index (χ3v) is 5.43. The number of ether oxygens (including phenoxy) is 1. The van der Waals surface area contributed by atoms with E-state index in [0.717, 1.165) is 16.9 Å². The smallest absolute Gasteiger partial charge is 0.180 e. The average molecular weight is 384 g/mol. The Kier molecular flexibility index (Phi) is 7.53. The first-order valence-corrected chi connectivity index (χ1v) is 9.84. The van der Waals surface area contributed by atoms with E-state index in [9.17, 15) is 8.42 Å². The van der Waals surface area contributed by atoms with Gasteiger partial charge in [0.05, 0.1) is 35.9 Å². The van der Waals surface area contributed by atoms with Gasteiger partial charge in [-0.15, -0.1) is 0 Å². The van der Waals surface area contributed by atoms with Crippen LogP contribution in [0.25, 0.3) is 0 Å². The molecule has 25 heavy (non-hydrogen) atoms. The highest BCUT2D eigenvalue weighted by Gasteiger charge is 2.13. The molecule has 4 N–H and O–H groups in total. The van der Waals surface area contributed by atoms with E-state index in [1.54, 1.807) is 24.3 Å². The molecule has 0 aliphatic rings. The first kappa shape index (κ1) is 19.5. The van der Waals surface area contributed by atoms with E-state index in [4.69, 9.17) is 25.4 Å². The Balaban J connectivity index is 1.57. The summed E-state index contributed by atoms with van der Waals surface area (Å²) in [7, 11) is -3.38. The highest BCUT2D eigenvalue weighted by Crippen LogP contribution is 2.20. The number of nitrogens with two attached hydrogens (primary N) is 2. The summed E-state index contributed by atoms with van der Waals surface area (Å²) in [6.45, 7) is 0.477. The van der Waals surface area contributed by atoms with E-state index >= 15 is 0 Å². The Hall–Kier alpha value is -1.78. The van der Waals surface area contributed by atoms with Crippen molar-refractivity contribution in [3.8, 4) is 0 Å². The Morgan fingerprint density at radius 3 is 2.08 bits per heavy atom. The van der Waals surface area contributed by atoms with Gasteiger partial charge in [-0.25, -0.2) is 13.3 Å². The van der Waals surface area contributed by atoms with E-state index in [-0.39, 0.29) is 30.5 Å². The normalized spacial score (nSPS) is 11.5. The average Bonchev–Trinajstić information content (AvgIpc) is 2.59. The van der Waals surface area contributed by atoms with Gasteiger partial charge >= 0.3 is 0 Å². The van der Waals surface area contributed by atoms with Gasteiger partial charge < -0.3 is 16.2 Å². The number of anilines is 2. The van der Waals surface area contributed by atoms with E-state index < -0.39 is 9.84 Å². The quantitative estimate of drug-likeness (QED) is 0.211. The molecular formula is C16H20N2O5S2. The summed E-state index contributed by atoms with van der Waals surface area (Å²) in [5.41, 5.74) is 12.3. The van der Waals surface area contributed by atoms with Gasteiger partial charge in [0.25, 0.3) is 0 Å². The SMILES string of the molecule is Nc1ccc(SOOCCOCCS(=O)(=O)c2ccc(N)cc2)cc1. The minimum absolute atomic E-state index is 0.0706. The largest absolute Gasteiger partial charge is 0.399 e. The van der Waals surface area contributed by atoms with Crippen molar-refractivity contribution in [1.29, 1.82) is 0 Å². The fourth-order valence-electron chi connectivity index (χ4n) is 1.78. The standard InChI is InChI=1S/C16H20N2O5S2/c17-13-1-5-15(6-2-13)24-23-22-10-9-21-11-12-25(19,20)16-7-3-14(18)4-8-16/h1-8H,9-12,17-18H2. The molecule has 0 saturated carbocycles. The zero-order valence-electron chi connectivity index (χ0n) is 13.5. The minimum atomic E-state index is -3.38. The van der Waals surface area contributed by atoms with Crippen LogP contribution in [0, 0.1) is 0 Å². The molecule has 0 atom stereocenters. The molecule has 0 aromatic heterocycles. The fraction of sp³-hybridized carbons (Fsp3) is 0.250. The van der Waals surface area contributed by atoms with Crippen molar-refractivity contribution in [2.75, 3.05) is 37.0 Å². The summed E-state index contributed by atoms with van der Waals surface area (Å²) < 4.78 is 34.3. The Bertz CT molecular complexity index is 749. The molecule has 2 aromatic rings. The van der Waals surface area contributed by atoms with Crippen LogP contribution in [0.2, 0.25) is 0 Å². The zero-order chi connectivity index (χ0) is 18.1. The maximum absolute atomic E-state index is 12.1. The van der Waals surface area contributed by atoms with Crippen molar-refractivity contribution in [1.82, 2.24) is 0 Å². The molecule has 0 radical (unpaired) electrons. The number of hydrogen-bond donors (Lipinski definition) is 2. The second-order valence-electron chi connectivity index (χ2n) is 5.04. The summed E-state index contributed by atoms with van der Waals surface area (Å²) >= 11 is 1.06. The molecule has 2 aromatic carbocycles. The molecule has 0 aliphatic carbocycles. The van der Waals surface area contributed by atoms with E-state index in [2.05, 4.69) is 0 Å². The van der Waals surface area contributed by atoms with Crippen molar-refractivity contribution in [3.05, 3.63) is 48.5 Å². The number of rotatable bonds is 10. The molecule has 2 rings (SSSR count). The molecule has 0 aliphatic heterocycles. The van der Waals surface area contributed by atoms with Crippen LogP contribution in [0.3, 0.4) is 0 Å². The van der Waals surface area contributed by atoms with E-state index in [0.29, 0.717) is 11.4 Å². The molecule has 0 saturated heterocycles. The molecule has 0 heterocycles. The summed E-state index contributed by atoms with van der Waals surface area (Å²) in [4.78, 5) is 6.02. The molecule has 0 amide bonds. The van der Waals surface area contributed by atoms with Gasteiger partial charge in [-0.3, -0.25) is 0 Å². The molecule has 0 unspecified atom stereocenters. The third kappa shape index (κ3) is 6.92. The van der Waals surface area contributed by atoms with Crippen molar-refractivity contribution in [2.24, 2.45) is 0 Å². The second-order valence-corrected chi connectivity index (χ2v) is 7.93. The van der Waals surface area contributed by atoms with Crippen molar-refractivity contribution in [2.45, 2.75) is 9.79 Å². The fourth-order valence-corrected chi connectivity index (χ4v) is 3.34. The zero-order valence-corrected chi connectivity index (χ0v) is 15.1. The van der Waals surface area contributed by atoms with Crippen LogP contribution in [0.4, 0.5) is 11.4 Å². The van der Waals surface area contributed by atoms with Gasteiger partial charge in [-0.1, -0.05) is 0 Å². The molecule has 7 nitrogen and oxygen atoms in total. The van der Waals surface area contributed by atoms with Gasteiger partial charge in [0.15, 0.2) is 9.84 Å². The first-order chi connectivity index (χ1) is 12.0. The van der Waals surface area contributed by atoms with Gasteiger partial charge in [-0.05, 0) is 48.5 Å². The summed E-state index contributed by atoms with van der Waals surface area (Å²) in [5.74, 6) is -0.113. The van der Waals surface area contributed by atoms with E-state index in [1.807, 2.05) is 12.1 Å². The minimum Gasteiger partial charge on any atom is -0.399 e. The van der Waals surface area contributed by atoms with Crippen LogP contribution in [-0.2, 0) is 23.8 Å². The predicted octanol–water partition coefficient (Wildman–Crippen LogP) is 2.30. The van der Waals surface area contributed by atoms with Gasteiger partial charge in [0.1, 0.15) is 6.61 Å². The number of benzene rings is 2. The highest BCUT2D eigenvalue weighted by molar-refractivity contribution is 7.94. The van der Waals surface area contributed by atoms with Crippen LogP contribution < -0.4 is 11.5 Å². The van der Waals surface area contributed by atoms with Crippen LogP contribution in [0.5, 0.6) is 0 Å². The summed E-state index contributed by atoms with van der Waals surface area (Å²) in [6.07, 6.45) is 0. The van der Waals surface area contributed by atoms with Gasteiger partial charge in [-0.2, -0.15) is 4.33 Å². The summed E-state index contributed by atoms with van der Waals surface area (Å²) in [5, 5.41) is 0. The van der Waals surface area contributed by atoms with E-state index in [1.165, 1.54) is 12.1 Å². The molecular weight excluding hydrogens is 364 g/mol. The molecule has 136 valence electrons. The second kappa shape index (κ2) is 9.64. The Morgan fingerprint density at radius 1 is 0.840 bits per heavy atom. The first-order valence-electron chi connectivity index (χ1n) is 7.45. The lowest BCUT2D eigenvalue weighted by molar-refractivity contribution is -0.199. The van der Waals surface area contributed by atoms with Gasteiger partial charge in [0, 0.05) is 16.3 Å². The van der Waals surface area contributed by atoms with Crippen LogP contribution in [0.1, 0.15) is 0 Å². The Labute approximate surface area is 151 Å². The lowest BCUT2D eigenvalue weighted by Crippen LogP contribution is -2.14. The summed E-state index contributed by atoms with van der Waals surface area (Å²) in [6, 6.07) is 13.2. The van der Waals surface area contributed by atoms with Crippen molar-refractivity contribution < 1.29 is 22.4 Å². The topological polar surface area (TPSA) is 114 Å². The van der Waals surface area contributed by atoms with Crippen LogP contribution in [-0.4, -0.2) is 34.0 Å². The maximum atomic E-state index is 12.1. The van der Waals surface area contributed by atoms with Gasteiger partial charge in [0.2, 0.25) is 0 Å². The van der Waals surface area contributed by atoms with Crippen molar-refractivity contribution >= 4 is 33.3 Å². The Morgan fingerprint density at radius 2 is 1.44 bits per heavy atom. The monoisotopic (exact) mass is 384 g/mol. The van der Waals surface area contributed by atoms with Crippen LogP contribution >= 0.6 is 12.0 Å². The molecule has 0 bridgehead atoms. The predicted molar refractivity (Wildman–Crippen MR) is 97.5 cm³/mol. The highest BCUT2D eigenvalue weighted by atomic mass is 32.2. The molecule has 9 heteroatoms. The molecule has 0 fully saturated rings.